The standard InChI is InChI=1S/C18H38N4O4S.HI/c1-9-18(10-2,22-16(23)26-17(4,5)6)13-20-15(19-7)21-14(3)11-12-27(8,24)25;/h14H,9-13H2,1-8H3,(H,22,23)(H2,19,20,21);1H. The van der Waals surface area contributed by atoms with Crippen molar-refractivity contribution in [2.24, 2.45) is 4.99 Å². The number of carbonyl (C=O) groups is 1. The molecule has 1 unspecified atom stereocenters. The Balaban J connectivity index is 0. The molecular formula is C18H39IN4O4S. The van der Waals surface area contributed by atoms with Gasteiger partial charge in [-0.15, -0.1) is 24.0 Å². The summed E-state index contributed by atoms with van der Waals surface area (Å²) >= 11 is 0. The fraction of sp³-hybridized carbons (Fsp3) is 0.889. The molecule has 1 atom stereocenters. The molecule has 0 aromatic heterocycles. The van der Waals surface area contributed by atoms with E-state index in [2.05, 4.69) is 20.9 Å². The second kappa shape index (κ2) is 12.7. The molecule has 0 rings (SSSR count). The van der Waals surface area contributed by atoms with Crippen LogP contribution in [0.5, 0.6) is 0 Å². The van der Waals surface area contributed by atoms with Crippen molar-refractivity contribution >= 4 is 45.9 Å². The molecule has 0 radical (unpaired) electrons. The number of rotatable bonds is 9. The van der Waals surface area contributed by atoms with Gasteiger partial charge in [0.05, 0.1) is 11.3 Å². The van der Waals surface area contributed by atoms with Crippen LogP contribution in [0, 0.1) is 0 Å². The fourth-order valence-electron chi connectivity index (χ4n) is 2.39. The minimum Gasteiger partial charge on any atom is -0.444 e. The van der Waals surface area contributed by atoms with Crippen molar-refractivity contribution in [2.45, 2.75) is 78.0 Å². The third-order valence-electron chi connectivity index (χ3n) is 4.24. The summed E-state index contributed by atoms with van der Waals surface area (Å²) in [6.07, 6.45) is 2.71. The van der Waals surface area contributed by atoms with Crippen LogP contribution < -0.4 is 16.0 Å². The number of carbonyl (C=O) groups excluding carboxylic acids is 1. The van der Waals surface area contributed by atoms with E-state index in [4.69, 9.17) is 4.74 Å². The molecule has 10 heteroatoms. The van der Waals surface area contributed by atoms with Gasteiger partial charge in [-0.05, 0) is 47.0 Å². The minimum absolute atomic E-state index is 0. The highest BCUT2D eigenvalue weighted by Gasteiger charge is 2.30. The molecule has 0 heterocycles. The number of sulfone groups is 1. The molecule has 0 saturated heterocycles. The van der Waals surface area contributed by atoms with E-state index in [1.54, 1.807) is 7.05 Å². The number of hydrogen-bond donors (Lipinski definition) is 3. The van der Waals surface area contributed by atoms with Gasteiger partial charge in [-0.1, -0.05) is 13.8 Å². The summed E-state index contributed by atoms with van der Waals surface area (Å²) < 4.78 is 28.0. The maximum Gasteiger partial charge on any atom is 0.408 e. The normalized spacial score (nSPS) is 13.9. The Morgan fingerprint density at radius 2 is 1.71 bits per heavy atom. The van der Waals surface area contributed by atoms with Gasteiger partial charge >= 0.3 is 6.09 Å². The molecule has 0 aliphatic rings. The first-order chi connectivity index (χ1) is 12.3. The zero-order valence-corrected chi connectivity index (χ0v) is 21.7. The third kappa shape index (κ3) is 13.4. The summed E-state index contributed by atoms with van der Waals surface area (Å²) in [6, 6.07) is -0.0533. The Bertz CT molecular complexity index is 599. The van der Waals surface area contributed by atoms with Gasteiger partial charge in [0, 0.05) is 25.9 Å². The minimum atomic E-state index is -3.00. The Morgan fingerprint density at radius 1 is 1.18 bits per heavy atom. The number of amides is 1. The number of alkyl carbamates (subject to hydrolysis) is 1. The highest BCUT2D eigenvalue weighted by molar-refractivity contribution is 14.0. The lowest BCUT2D eigenvalue weighted by Gasteiger charge is -2.34. The van der Waals surface area contributed by atoms with E-state index >= 15 is 0 Å². The highest BCUT2D eigenvalue weighted by atomic mass is 127. The van der Waals surface area contributed by atoms with Gasteiger partial charge in [0.2, 0.25) is 0 Å². The first-order valence-electron chi connectivity index (χ1n) is 9.42. The second-order valence-corrected chi connectivity index (χ2v) is 10.3. The predicted octanol–water partition coefficient (Wildman–Crippen LogP) is 2.68. The lowest BCUT2D eigenvalue weighted by molar-refractivity contribution is 0.0448. The quantitative estimate of drug-likeness (QED) is 0.239. The summed E-state index contributed by atoms with van der Waals surface area (Å²) in [4.78, 5) is 16.4. The van der Waals surface area contributed by atoms with Gasteiger partial charge in [-0.3, -0.25) is 4.99 Å². The van der Waals surface area contributed by atoms with E-state index in [0.29, 0.717) is 18.9 Å². The zero-order valence-electron chi connectivity index (χ0n) is 18.5. The van der Waals surface area contributed by atoms with Crippen molar-refractivity contribution < 1.29 is 17.9 Å². The van der Waals surface area contributed by atoms with Gasteiger partial charge in [0.1, 0.15) is 15.4 Å². The molecule has 3 N–H and O–H groups in total. The molecular weight excluding hydrogens is 495 g/mol. The molecule has 0 spiro atoms. The lowest BCUT2D eigenvalue weighted by atomic mass is 9.93. The van der Waals surface area contributed by atoms with Crippen LogP contribution in [0.15, 0.2) is 4.99 Å². The van der Waals surface area contributed by atoms with E-state index in [1.807, 2.05) is 41.5 Å². The SMILES string of the molecule is CCC(CC)(CNC(=NC)NC(C)CCS(C)(=O)=O)NC(=O)OC(C)(C)C.I. The van der Waals surface area contributed by atoms with Gasteiger partial charge in [-0.2, -0.15) is 0 Å². The number of halogens is 1. The summed E-state index contributed by atoms with van der Waals surface area (Å²) in [5.74, 6) is 0.680. The average molecular weight is 535 g/mol. The van der Waals surface area contributed by atoms with Crippen LogP contribution in [0.3, 0.4) is 0 Å². The smallest absolute Gasteiger partial charge is 0.408 e. The van der Waals surface area contributed by atoms with Gasteiger partial charge in [0.15, 0.2) is 5.96 Å². The van der Waals surface area contributed by atoms with E-state index in [0.717, 1.165) is 12.8 Å². The van der Waals surface area contributed by atoms with Crippen molar-refractivity contribution in [1.82, 2.24) is 16.0 Å². The molecule has 0 fully saturated rings. The van der Waals surface area contributed by atoms with Crippen LogP contribution in [0.1, 0.15) is 60.8 Å². The summed E-state index contributed by atoms with van der Waals surface area (Å²) in [6.45, 7) is 11.9. The second-order valence-electron chi connectivity index (χ2n) is 8.00. The van der Waals surface area contributed by atoms with E-state index < -0.39 is 27.1 Å². The molecule has 0 aliphatic carbocycles. The summed E-state index contributed by atoms with van der Waals surface area (Å²) in [5, 5.41) is 9.39. The number of nitrogens with one attached hydrogen (secondary N) is 3. The van der Waals surface area contributed by atoms with E-state index in [1.165, 1.54) is 6.26 Å². The Kier molecular flexibility index (Phi) is 13.4. The topological polar surface area (TPSA) is 109 Å². The molecule has 1 amide bonds. The molecule has 8 nitrogen and oxygen atoms in total. The average Bonchev–Trinajstić information content (AvgIpc) is 2.53. The number of nitrogens with zero attached hydrogens (tertiary/aromatic N) is 1. The maximum absolute atomic E-state index is 12.2. The zero-order chi connectivity index (χ0) is 21.3. The molecule has 28 heavy (non-hydrogen) atoms. The van der Waals surface area contributed by atoms with Crippen molar-refractivity contribution in [1.29, 1.82) is 0 Å². The molecule has 0 saturated carbocycles. The van der Waals surface area contributed by atoms with Crippen molar-refractivity contribution in [3.8, 4) is 0 Å². The Morgan fingerprint density at radius 3 is 2.11 bits per heavy atom. The van der Waals surface area contributed by atoms with Crippen LogP contribution >= 0.6 is 24.0 Å². The number of ether oxygens (including phenoxy) is 1. The monoisotopic (exact) mass is 534 g/mol. The largest absolute Gasteiger partial charge is 0.444 e. The molecule has 0 bridgehead atoms. The lowest BCUT2D eigenvalue weighted by Crippen LogP contribution is -2.57. The van der Waals surface area contributed by atoms with Crippen LogP contribution in [-0.4, -0.2) is 63.3 Å². The fourth-order valence-corrected chi connectivity index (χ4v) is 3.17. The number of guanidine groups is 1. The van der Waals surface area contributed by atoms with Crippen molar-refractivity contribution in [3.05, 3.63) is 0 Å². The van der Waals surface area contributed by atoms with E-state index in [9.17, 15) is 13.2 Å². The molecule has 0 aromatic rings. The molecule has 168 valence electrons. The first-order valence-corrected chi connectivity index (χ1v) is 11.5. The van der Waals surface area contributed by atoms with Crippen molar-refractivity contribution in [3.63, 3.8) is 0 Å². The molecule has 0 aliphatic heterocycles. The Labute approximate surface area is 188 Å². The van der Waals surface area contributed by atoms with Gasteiger partial charge in [-0.25, -0.2) is 13.2 Å². The predicted molar refractivity (Wildman–Crippen MR) is 126 cm³/mol. The highest BCUT2D eigenvalue weighted by Crippen LogP contribution is 2.16. The van der Waals surface area contributed by atoms with Crippen LogP contribution in [-0.2, 0) is 14.6 Å². The number of aliphatic imine (C=N–C) groups is 1. The number of hydrogen-bond acceptors (Lipinski definition) is 5. The third-order valence-corrected chi connectivity index (χ3v) is 5.22. The van der Waals surface area contributed by atoms with Crippen LogP contribution in [0.2, 0.25) is 0 Å². The van der Waals surface area contributed by atoms with Gasteiger partial charge < -0.3 is 20.7 Å². The summed E-state index contributed by atoms with van der Waals surface area (Å²) in [5.41, 5.74) is -1.03. The first kappa shape index (κ1) is 29.4. The maximum atomic E-state index is 12.2. The van der Waals surface area contributed by atoms with E-state index in [-0.39, 0.29) is 35.8 Å². The summed E-state index contributed by atoms with van der Waals surface area (Å²) in [7, 11) is -1.34. The van der Waals surface area contributed by atoms with Crippen LogP contribution in [0.25, 0.3) is 0 Å². The van der Waals surface area contributed by atoms with Crippen molar-refractivity contribution in [2.75, 3.05) is 25.6 Å². The Hall–Kier alpha value is -0.780. The van der Waals surface area contributed by atoms with Crippen LogP contribution in [0.4, 0.5) is 4.79 Å². The molecule has 0 aromatic carbocycles. The van der Waals surface area contributed by atoms with Gasteiger partial charge in [0.25, 0.3) is 0 Å².